The van der Waals surface area contributed by atoms with E-state index >= 15 is 0 Å². The Balaban J connectivity index is 0.00000210. The van der Waals surface area contributed by atoms with E-state index in [-0.39, 0.29) is 24.0 Å². The summed E-state index contributed by atoms with van der Waals surface area (Å²) in [5, 5.41) is 2.57. The standard InChI is InChI=1S/C23H23N2S.HI/c1-3-24-19(17-16-18-10-5-6-12-20(18)24)11-9-15-23-25(4-2)21-13-7-8-14-22(21)26-23;/h5-17H,3-4H2,1-2H3;1H/q+1;/p-1. The molecule has 1 aliphatic rings. The summed E-state index contributed by atoms with van der Waals surface area (Å²) in [6.07, 6.45) is 6.61. The lowest BCUT2D eigenvalue weighted by atomic mass is 10.2. The van der Waals surface area contributed by atoms with Crippen LogP contribution in [-0.4, -0.2) is 6.54 Å². The maximum absolute atomic E-state index is 2.37. The Morgan fingerprint density at radius 1 is 0.963 bits per heavy atom. The van der Waals surface area contributed by atoms with E-state index in [1.54, 1.807) is 0 Å². The van der Waals surface area contributed by atoms with Gasteiger partial charge in [-0.3, -0.25) is 0 Å². The summed E-state index contributed by atoms with van der Waals surface area (Å²) in [5.74, 6) is 0. The molecular weight excluding hydrogens is 463 g/mol. The molecule has 0 atom stereocenters. The summed E-state index contributed by atoms with van der Waals surface area (Å²) in [5.41, 5.74) is 3.82. The van der Waals surface area contributed by atoms with Crippen molar-refractivity contribution in [3.05, 3.63) is 83.5 Å². The minimum Gasteiger partial charge on any atom is -1.00 e. The van der Waals surface area contributed by atoms with Gasteiger partial charge in [0.05, 0.1) is 10.7 Å². The number of aryl methyl sites for hydroxylation is 1. The van der Waals surface area contributed by atoms with Crippen LogP contribution in [0.5, 0.6) is 0 Å². The minimum absolute atomic E-state index is 0. The molecule has 4 rings (SSSR count). The van der Waals surface area contributed by atoms with Crippen molar-refractivity contribution >= 4 is 34.4 Å². The molecule has 1 aromatic heterocycles. The van der Waals surface area contributed by atoms with Crippen LogP contribution in [-0.2, 0) is 6.54 Å². The summed E-state index contributed by atoms with van der Waals surface area (Å²) in [6.45, 7) is 6.34. The van der Waals surface area contributed by atoms with Gasteiger partial charge < -0.3 is 28.9 Å². The highest BCUT2D eigenvalue weighted by Crippen LogP contribution is 2.45. The molecule has 0 N–H and O–H groups in total. The molecule has 27 heavy (non-hydrogen) atoms. The number of thioether (sulfide) groups is 1. The van der Waals surface area contributed by atoms with E-state index in [0.29, 0.717) is 0 Å². The molecule has 0 aliphatic carbocycles. The quantitative estimate of drug-likeness (QED) is 0.414. The van der Waals surface area contributed by atoms with Crippen LogP contribution in [0.4, 0.5) is 5.69 Å². The number of allylic oxidation sites excluding steroid dienone is 2. The van der Waals surface area contributed by atoms with Crippen LogP contribution in [0.2, 0.25) is 0 Å². The summed E-state index contributed by atoms with van der Waals surface area (Å²) < 4.78 is 2.36. The summed E-state index contributed by atoms with van der Waals surface area (Å²) in [6, 6.07) is 21.6. The van der Waals surface area contributed by atoms with Crippen molar-refractivity contribution in [2.75, 3.05) is 11.4 Å². The van der Waals surface area contributed by atoms with E-state index in [1.807, 2.05) is 11.8 Å². The highest BCUT2D eigenvalue weighted by Gasteiger charge is 2.22. The fourth-order valence-corrected chi connectivity index (χ4v) is 4.65. The maximum atomic E-state index is 2.37. The van der Waals surface area contributed by atoms with E-state index in [2.05, 4.69) is 102 Å². The van der Waals surface area contributed by atoms with Crippen LogP contribution in [0.25, 0.3) is 17.0 Å². The normalized spacial score (nSPS) is 14.7. The number of hydrogen-bond acceptors (Lipinski definition) is 2. The summed E-state index contributed by atoms with van der Waals surface area (Å²) >= 11 is 1.85. The first-order chi connectivity index (χ1) is 12.8. The highest BCUT2D eigenvalue weighted by molar-refractivity contribution is 8.03. The number of aromatic nitrogens is 1. The molecule has 0 saturated carbocycles. The lowest BCUT2D eigenvalue weighted by molar-refractivity contribution is -0.669. The zero-order chi connectivity index (χ0) is 17.9. The number of anilines is 1. The molecular formula is C23H23IN2S. The van der Waals surface area contributed by atoms with Crippen LogP contribution >= 0.6 is 11.8 Å². The average Bonchev–Trinajstić information content (AvgIpc) is 3.05. The molecule has 2 heterocycles. The maximum Gasteiger partial charge on any atom is 0.212 e. The highest BCUT2D eigenvalue weighted by atomic mass is 127. The van der Waals surface area contributed by atoms with Crippen molar-refractivity contribution in [3.63, 3.8) is 0 Å². The molecule has 4 heteroatoms. The van der Waals surface area contributed by atoms with Gasteiger partial charge in [-0.2, -0.15) is 4.57 Å². The van der Waals surface area contributed by atoms with Gasteiger partial charge in [0.2, 0.25) is 11.2 Å². The topological polar surface area (TPSA) is 7.12 Å². The van der Waals surface area contributed by atoms with E-state index in [4.69, 9.17) is 0 Å². The Labute approximate surface area is 182 Å². The predicted molar refractivity (Wildman–Crippen MR) is 112 cm³/mol. The van der Waals surface area contributed by atoms with Gasteiger partial charge in [0.25, 0.3) is 0 Å². The lowest BCUT2D eigenvalue weighted by Gasteiger charge is -2.17. The Hall–Kier alpha value is -1.79. The fourth-order valence-electron chi connectivity index (χ4n) is 3.51. The largest absolute Gasteiger partial charge is 1.00 e. The molecule has 0 fully saturated rings. The Bertz CT molecular complexity index is 1010. The average molecular weight is 486 g/mol. The summed E-state index contributed by atoms with van der Waals surface area (Å²) in [7, 11) is 0. The third-order valence-corrected chi connectivity index (χ3v) is 5.88. The van der Waals surface area contributed by atoms with Gasteiger partial charge >= 0.3 is 0 Å². The minimum atomic E-state index is 0. The molecule has 1 aliphatic heterocycles. The molecule has 0 saturated heterocycles. The second-order valence-electron chi connectivity index (χ2n) is 6.24. The first-order valence-corrected chi connectivity index (χ1v) is 9.98. The number of pyridine rings is 1. The third kappa shape index (κ3) is 3.92. The van der Waals surface area contributed by atoms with Crippen LogP contribution in [0, 0.1) is 0 Å². The van der Waals surface area contributed by atoms with Gasteiger partial charge in [-0.15, -0.1) is 0 Å². The molecule has 2 nitrogen and oxygen atoms in total. The third-order valence-electron chi connectivity index (χ3n) is 4.75. The molecule has 0 radical (unpaired) electrons. The summed E-state index contributed by atoms with van der Waals surface area (Å²) in [4.78, 5) is 3.71. The smallest absolute Gasteiger partial charge is 0.212 e. The number of fused-ring (bicyclic) bond motifs is 2. The lowest BCUT2D eigenvalue weighted by Crippen LogP contribution is -3.00. The van der Waals surface area contributed by atoms with E-state index in [0.717, 1.165) is 13.1 Å². The van der Waals surface area contributed by atoms with Crippen molar-refractivity contribution in [2.45, 2.75) is 25.3 Å². The van der Waals surface area contributed by atoms with Crippen molar-refractivity contribution in [1.29, 1.82) is 0 Å². The molecule has 138 valence electrons. The van der Waals surface area contributed by atoms with Gasteiger partial charge in [-0.05, 0) is 44.2 Å². The molecule has 3 aromatic rings. The van der Waals surface area contributed by atoms with E-state index in [9.17, 15) is 0 Å². The number of hydrogen-bond donors (Lipinski definition) is 0. The number of rotatable bonds is 4. The Morgan fingerprint density at radius 2 is 1.74 bits per heavy atom. The molecule has 0 amide bonds. The Morgan fingerprint density at radius 3 is 2.56 bits per heavy atom. The molecule has 0 spiro atoms. The second-order valence-corrected chi connectivity index (χ2v) is 7.30. The van der Waals surface area contributed by atoms with Crippen molar-refractivity contribution in [2.24, 2.45) is 0 Å². The van der Waals surface area contributed by atoms with Crippen molar-refractivity contribution in [1.82, 2.24) is 0 Å². The Kier molecular flexibility index (Phi) is 6.60. The fraction of sp³-hybridized carbons (Fsp3) is 0.174. The van der Waals surface area contributed by atoms with Gasteiger partial charge in [0.1, 0.15) is 6.54 Å². The van der Waals surface area contributed by atoms with Crippen LogP contribution in [0.15, 0.2) is 82.7 Å². The van der Waals surface area contributed by atoms with E-state index in [1.165, 1.54) is 32.2 Å². The van der Waals surface area contributed by atoms with Gasteiger partial charge in [-0.1, -0.05) is 42.1 Å². The predicted octanol–water partition coefficient (Wildman–Crippen LogP) is 2.64. The first-order valence-electron chi connectivity index (χ1n) is 9.16. The van der Waals surface area contributed by atoms with Gasteiger partial charge in [-0.25, -0.2) is 0 Å². The van der Waals surface area contributed by atoms with Crippen LogP contribution in [0.1, 0.15) is 19.5 Å². The molecule has 2 aromatic carbocycles. The van der Waals surface area contributed by atoms with Crippen LogP contribution < -0.4 is 33.4 Å². The number of halogens is 1. The molecule has 0 unspecified atom stereocenters. The zero-order valence-corrected chi connectivity index (χ0v) is 18.6. The number of nitrogens with zero attached hydrogens (tertiary/aromatic N) is 2. The van der Waals surface area contributed by atoms with Crippen LogP contribution in [0.3, 0.4) is 0 Å². The first kappa shape index (κ1) is 20.0. The van der Waals surface area contributed by atoms with Gasteiger partial charge in [0, 0.05) is 35.0 Å². The monoisotopic (exact) mass is 486 g/mol. The number of benzene rings is 2. The number of para-hydroxylation sites is 2. The second kappa shape index (κ2) is 8.93. The van der Waals surface area contributed by atoms with E-state index < -0.39 is 0 Å². The van der Waals surface area contributed by atoms with Crippen molar-refractivity contribution in [3.8, 4) is 0 Å². The molecule has 0 bridgehead atoms. The van der Waals surface area contributed by atoms with Crippen molar-refractivity contribution < 1.29 is 28.5 Å². The zero-order valence-electron chi connectivity index (χ0n) is 15.6. The van der Waals surface area contributed by atoms with Gasteiger partial charge in [0.15, 0.2) is 0 Å². The SMILES string of the molecule is CCN1/C(=C/C=C/c2ccc3ccccc3[n+]2CC)Sc2ccccc21.[I-].